The molecule has 0 aliphatic carbocycles. The monoisotopic (exact) mass is 201 g/mol. The molecule has 0 saturated heterocycles. The van der Waals surface area contributed by atoms with E-state index in [1.54, 1.807) is 0 Å². The van der Waals surface area contributed by atoms with Gasteiger partial charge in [0.1, 0.15) is 11.1 Å². The lowest BCUT2D eigenvalue weighted by Crippen LogP contribution is -1.83. The van der Waals surface area contributed by atoms with Gasteiger partial charge < -0.3 is 4.84 Å². The van der Waals surface area contributed by atoms with Gasteiger partial charge in [-0.3, -0.25) is 0 Å². The van der Waals surface area contributed by atoms with E-state index in [0.717, 1.165) is 0 Å². The van der Waals surface area contributed by atoms with Crippen LogP contribution in [0.25, 0.3) is 0 Å². The maximum Gasteiger partial charge on any atom is 0.138 e. The summed E-state index contributed by atoms with van der Waals surface area (Å²) in [5.74, 6) is 0.332. The molecular weight excluding hydrogens is 196 g/mol. The molecule has 0 aliphatic heterocycles. The number of rotatable bonds is 4. The van der Waals surface area contributed by atoms with Gasteiger partial charge in [-0.2, -0.15) is 0 Å². The first-order chi connectivity index (χ1) is 4.77. The van der Waals surface area contributed by atoms with E-state index < -0.39 is 0 Å². The molecule has 0 aromatic rings. The van der Waals surface area contributed by atoms with Gasteiger partial charge in [-0.25, -0.2) is 0 Å². The van der Waals surface area contributed by atoms with Crippen molar-refractivity contribution in [2.75, 3.05) is 12.5 Å². The normalized spacial score (nSPS) is 9.90. The van der Waals surface area contributed by atoms with Crippen LogP contribution in [0.5, 0.6) is 0 Å². The first kappa shape index (κ1) is 10.1. The Hall–Kier alpha value is 0.0800. The van der Waals surface area contributed by atoms with Gasteiger partial charge in [-0.1, -0.05) is 28.4 Å². The topological polar surface area (TPSA) is 21.6 Å². The number of nitrogens with zero attached hydrogens (tertiary/aromatic N) is 1. The predicted molar refractivity (Wildman–Crippen MR) is 45.0 cm³/mol. The largest absolute Gasteiger partial charge is 0.392 e. The molecule has 58 valence electrons. The average Bonchev–Trinajstić information content (AvgIpc) is 1.87. The van der Waals surface area contributed by atoms with Crippen molar-refractivity contribution in [3.05, 3.63) is 10.6 Å². The van der Waals surface area contributed by atoms with E-state index in [4.69, 9.17) is 34.8 Å². The summed E-state index contributed by atoms with van der Waals surface area (Å²) >= 11 is 15.8. The number of alkyl halides is 1. The van der Waals surface area contributed by atoms with Crippen LogP contribution in [-0.2, 0) is 4.84 Å². The second-order valence-electron chi connectivity index (χ2n) is 1.23. The quantitative estimate of drug-likeness (QED) is 0.297. The standard InChI is InChI=1S/C5H6Cl3NO/c6-2-3-9-10-4-1-5(7)8/h1,3H,2,4H2/b9-3+. The van der Waals surface area contributed by atoms with Crippen molar-refractivity contribution in [2.45, 2.75) is 0 Å². The van der Waals surface area contributed by atoms with Crippen LogP contribution in [0.3, 0.4) is 0 Å². The Morgan fingerprint density at radius 1 is 1.50 bits per heavy atom. The first-order valence-electron chi connectivity index (χ1n) is 2.48. The maximum atomic E-state index is 5.26. The van der Waals surface area contributed by atoms with E-state index >= 15 is 0 Å². The Balaban J connectivity index is 3.21. The summed E-state index contributed by atoms with van der Waals surface area (Å²) in [6.45, 7) is 0.260. The molecule has 5 heteroatoms. The Morgan fingerprint density at radius 2 is 2.20 bits per heavy atom. The number of hydrogen-bond donors (Lipinski definition) is 0. The number of oxime groups is 1. The van der Waals surface area contributed by atoms with Gasteiger partial charge in [-0.15, -0.1) is 11.6 Å². The fourth-order valence-electron chi connectivity index (χ4n) is 0.224. The number of halogens is 3. The third kappa shape index (κ3) is 8.08. The third-order valence-electron chi connectivity index (χ3n) is 0.530. The molecule has 0 spiro atoms. The number of hydrogen-bond acceptors (Lipinski definition) is 2. The van der Waals surface area contributed by atoms with Gasteiger partial charge in [0.25, 0.3) is 0 Å². The summed E-state index contributed by atoms with van der Waals surface area (Å²) in [6.07, 6.45) is 2.91. The van der Waals surface area contributed by atoms with Gasteiger partial charge in [0.15, 0.2) is 0 Å². The summed E-state index contributed by atoms with van der Waals surface area (Å²) in [5, 5.41) is 3.44. The minimum absolute atomic E-state index is 0.168. The predicted octanol–water partition coefficient (Wildman–Crippen LogP) is 2.55. The van der Waals surface area contributed by atoms with Crippen LogP contribution in [0.2, 0.25) is 0 Å². The maximum absolute atomic E-state index is 5.26. The molecule has 0 amide bonds. The van der Waals surface area contributed by atoms with Gasteiger partial charge in [0.05, 0.1) is 12.1 Å². The van der Waals surface area contributed by atoms with E-state index in [9.17, 15) is 0 Å². The lowest BCUT2D eigenvalue weighted by atomic mass is 10.7. The van der Waals surface area contributed by atoms with Crippen LogP contribution in [0.4, 0.5) is 0 Å². The van der Waals surface area contributed by atoms with Gasteiger partial charge in [0.2, 0.25) is 0 Å². The van der Waals surface area contributed by atoms with Crippen molar-refractivity contribution in [3.8, 4) is 0 Å². The van der Waals surface area contributed by atoms with Crippen molar-refractivity contribution < 1.29 is 4.84 Å². The lowest BCUT2D eigenvalue weighted by molar-refractivity contribution is 0.176. The van der Waals surface area contributed by atoms with Gasteiger partial charge >= 0.3 is 0 Å². The zero-order valence-electron chi connectivity index (χ0n) is 5.06. The Kier molecular flexibility index (Phi) is 7.25. The Labute approximate surface area is 74.4 Å². The van der Waals surface area contributed by atoms with Crippen LogP contribution in [-0.4, -0.2) is 18.7 Å². The molecule has 0 fully saturated rings. The minimum atomic E-state index is 0.168. The van der Waals surface area contributed by atoms with Crippen LogP contribution >= 0.6 is 34.8 Å². The molecule has 2 nitrogen and oxygen atoms in total. The molecule has 0 N–H and O–H groups in total. The van der Waals surface area contributed by atoms with Crippen LogP contribution < -0.4 is 0 Å². The van der Waals surface area contributed by atoms with E-state index in [0.29, 0.717) is 5.88 Å². The highest BCUT2D eigenvalue weighted by molar-refractivity contribution is 6.55. The van der Waals surface area contributed by atoms with Crippen molar-refractivity contribution >= 4 is 41.0 Å². The highest BCUT2D eigenvalue weighted by Crippen LogP contribution is 2.04. The highest BCUT2D eigenvalue weighted by atomic mass is 35.5. The molecule has 0 atom stereocenters. The molecule has 0 unspecified atom stereocenters. The molecule has 0 rings (SSSR count). The van der Waals surface area contributed by atoms with E-state index in [1.807, 2.05) is 0 Å². The van der Waals surface area contributed by atoms with Crippen molar-refractivity contribution in [3.63, 3.8) is 0 Å². The fourth-order valence-corrected chi connectivity index (χ4v) is 0.407. The summed E-state index contributed by atoms with van der Waals surface area (Å²) in [5.41, 5.74) is 0. The third-order valence-corrected chi connectivity index (χ3v) is 0.977. The molecular formula is C5H6Cl3NO. The summed E-state index contributed by atoms with van der Waals surface area (Å²) in [6, 6.07) is 0. The molecule has 0 saturated carbocycles. The Morgan fingerprint density at radius 3 is 2.70 bits per heavy atom. The second kappa shape index (κ2) is 7.19. The second-order valence-corrected chi connectivity index (χ2v) is 2.55. The molecule has 10 heavy (non-hydrogen) atoms. The zero-order valence-corrected chi connectivity index (χ0v) is 7.33. The van der Waals surface area contributed by atoms with Crippen molar-refractivity contribution in [1.82, 2.24) is 0 Å². The summed E-state index contributed by atoms with van der Waals surface area (Å²) in [7, 11) is 0. The van der Waals surface area contributed by atoms with Crippen LogP contribution in [0, 0.1) is 0 Å². The van der Waals surface area contributed by atoms with Crippen LogP contribution in [0.1, 0.15) is 0 Å². The summed E-state index contributed by atoms with van der Waals surface area (Å²) < 4.78 is 0.168. The SMILES string of the molecule is ClC/C=N/OCC=C(Cl)Cl. The molecule has 0 aromatic carbocycles. The Bertz CT molecular complexity index is 131. The van der Waals surface area contributed by atoms with Crippen molar-refractivity contribution in [2.24, 2.45) is 5.16 Å². The zero-order chi connectivity index (χ0) is 7.82. The van der Waals surface area contributed by atoms with Gasteiger partial charge in [0, 0.05) is 0 Å². The fraction of sp³-hybridized carbons (Fsp3) is 0.400. The minimum Gasteiger partial charge on any atom is -0.392 e. The van der Waals surface area contributed by atoms with E-state index in [2.05, 4.69) is 9.99 Å². The van der Waals surface area contributed by atoms with Crippen LogP contribution in [0.15, 0.2) is 15.7 Å². The molecule has 0 aliphatic rings. The van der Waals surface area contributed by atoms with Crippen molar-refractivity contribution in [1.29, 1.82) is 0 Å². The van der Waals surface area contributed by atoms with Gasteiger partial charge in [-0.05, 0) is 6.08 Å². The molecule has 0 aromatic heterocycles. The molecule has 0 radical (unpaired) electrons. The average molecular weight is 202 g/mol. The highest BCUT2D eigenvalue weighted by Gasteiger charge is 1.81. The smallest absolute Gasteiger partial charge is 0.138 e. The first-order valence-corrected chi connectivity index (χ1v) is 3.77. The van der Waals surface area contributed by atoms with E-state index in [1.165, 1.54) is 12.3 Å². The summed E-state index contributed by atoms with van der Waals surface area (Å²) in [4.78, 5) is 4.62. The molecule has 0 heterocycles. The molecule has 0 bridgehead atoms. The van der Waals surface area contributed by atoms with E-state index in [-0.39, 0.29) is 11.1 Å². The lowest BCUT2D eigenvalue weighted by Gasteiger charge is -1.89.